The number of nitrogens with zero attached hydrogens (tertiary/aromatic N) is 2. The number of allylic oxidation sites excluding steroid dienone is 1. The summed E-state index contributed by atoms with van der Waals surface area (Å²) in [6.07, 6.45) is 3.76. The van der Waals surface area contributed by atoms with Gasteiger partial charge in [0.15, 0.2) is 0 Å². The fourth-order valence-corrected chi connectivity index (χ4v) is 1.75. The number of aliphatic imine (C=N–C) groups is 1. The number of rotatable bonds is 5. The summed E-state index contributed by atoms with van der Waals surface area (Å²) in [6, 6.07) is 0.0266. The van der Waals surface area contributed by atoms with E-state index in [2.05, 4.69) is 18.3 Å². The predicted octanol–water partition coefficient (Wildman–Crippen LogP) is 1.47. The second-order valence-corrected chi connectivity index (χ2v) is 3.13. The summed E-state index contributed by atoms with van der Waals surface area (Å²) in [7, 11) is 3.18. The molecule has 0 aromatic carbocycles. The van der Waals surface area contributed by atoms with Crippen molar-refractivity contribution < 1.29 is 14.5 Å². The van der Waals surface area contributed by atoms with Gasteiger partial charge in [-0.3, -0.25) is 0 Å². The number of hydrogen-bond donors (Lipinski definition) is 0. The minimum absolute atomic E-state index is 0.0266. The third-order valence-electron chi connectivity index (χ3n) is 2.47. The molecule has 0 aliphatic carbocycles. The minimum atomic E-state index is -0.103. The van der Waals surface area contributed by atoms with Gasteiger partial charge in [0, 0.05) is 10.4 Å². The standard InChI is InChI=1S/C10H17N2O2/c1-6-7-8(2)9-10(11-3)12(9,13-4)14-5/h6-7,9-10H,2-3H2,1,4-5H3/q+1/b7-6-. The van der Waals surface area contributed by atoms with Crippen molar-refractivity contribution in [1.29, 1.82) is 0 Å². The zero-order chi connectivity index (χ0) is 10.8. The molecule has 1 heterocycles. The normalized spacial score (nSPS) is 29.1. The topological polar surface area (TPSA) is 30.8 Å². The van der Waals surface area contributed by atoms with Crippen LogP contribution < -0.4 is 0 Å². The Balaban J connectivity index is 2.82. The van der Waals surface area contributed by atoms with Gasteiger partial charge in [-0.05, 0) is 13.6 Å². The van der Waals surface area contributed by atoms with Crippen LogP contribution >= 0.6 is 0 Å². The molecule has 0 radical (unpaired) electrons. The van der Waals surface area contributed by atoms with Gasteiger partial charge in [0.05, 0.1) is 14.2 Å². The third-order valence-corrected chi connectivity index (χ3v) is 2.47. The molecule has 14 heavy (non-hydrogen) atoms. The van der Waals surface area contributed by atoms with Crippen molar-refractivity contribution in [2.75, 3.05) is 14.2 Å². The fraction of sp³-hybridized carbons (Fsp3) is 0.500. The second-order valence-electron chi connectivity index (χ2n) is 3.13. The molecule has 0 N–H and O–H groups in total. The zero-order valence-corrected chi connectivity index (χ0v) is 8.93. The maximum absolute atomic E-state index is 5.27. The Morgan fingerprint density at radius 1 is 1.43 bits per heavy atom. The van der Waals surface area contributed by atoms with Crippen LogP contribution in [0.1, 0.15) is 6.92 Å². The first kappa shape index (κ1) is 11.1. The average Bonchev–Trinajstić information content (AvgIpc) is 2.86. The van der Waals surface area contributed by atoms with E-state index in [0.717, 1.165) is 5.57 Å². The molecule has 4 nitrogen and oxygen atoms in total. The van der Waals surface area contributed by atoms with Crippen molar-refractivity contribution in [2.24, 2.45) is 4.99 Å². The van der Waals surface area contributed by atoms with Crippen molar-refractivity contribution in [1.82, 2.24) is 0 Å². The Morgan fingerprint density at radius 2 is 2.00 bits per heavy atom. The Bertz CT molecular complexity index is 269. The molecule has 0 bridgehead atoms. The zero-order valence-electron chi connectivity index (χ0n) is 8.93. The third kappa shape index (κ3) is 1.41. The minimum Gasteiger partial charge on any atom is -0.231 e. The highest BCUT2D eigenvalue weighted by Gasteiger charge is 2.73. The Morgan fingerprint density at radius 3 is 2.29 bits per heavy atom. The van der Waals surface area contributed by atoms with E-state index in [4.69, 9.17) is 9.68 Å². The van der Waals surface area contributed by atoms with E-state index < -0.39 is 0 Å². The Kier molecular flexibility index (Phi) is 3.21. The van der Waals surface area contributed by atoms with Crippen LogP contribution in [0.25, 0.3) is 0 Å². The van der Waals surface area contributed by atoms with Gasteiger partial charge < -0.3 is 0 Å². The van der Waals surface area contributed by atoms with E-state index in [-0.39, 0.29) is 17.0 Å². The summed E-state index contributed by atoms with van der Waals surface area (Å²) in [6.45, 7) is 9.40. The molecular formula is C10H17N2O2+. The lowest BCUT2D eigenvalue weighted by atomic mass is 10.2. The molecule has 0 aromatic heterocycles. The van der Waals surface area contributed by atoms with Gasteiger partial charge in [0.1, 0.15) is 0 Å². The number of hydroxylamine groups is 4. The molecule has 0 amide bonds. The summed E-state index contributed by atoms with van der Waals surface area (Å²) < 4.78 is 0. The second kappa shape index (κ2) is 4.04. The van der Waals surface area contributed by atoms with E-state index in [1.807, 2.05) is 19.1 Å². The van der Waals surface area contributed by atoms with Gasteiger partial charge >= 0.3 is 6.17 Å². The van der Waals surface area contributed by atoms with Crippen LogP contribution in [-0.2, 0) is 9.68 Å². The van der Waals surface area contributed by atoms with Crippen LogP contribution in [0.2, 0.25) is 0 Å². The lowest BCUT2D eigenvalue weighted by Gasteiger charge is -2.10. The molecule has 78 valence electrons. The molecule has 4 heteroatoms. The van der Waals surface area contributed by atoms with Gasteiger partial charge in [-0.25, -0.2) is 4.99 Å². The van der Waals surface area contributed by atoms with Crippen LogP contribution in [0.15, 0.2) is 29.3 Å². The summed E-state index contributed by atoms with van der Waals surface area (Å²) in [4.78, 5) is 14.5. The van der Waals surface area contributed by atoms with Crippen molar-refractivity contribution in [3.63, 3.8) is 0 Å². The highest BCUT2D eigenvalue weighted by Crippen LogP contribution is 2.45. The largest absolute Gasteiger partial charge is 0.306 e. The van der Waals surface area contributed by atoms with Crippen LogP contribution in [-0.4, -0.2) is 38.0 Å². The number of quaternary nitrogens is 1. The van der Waals surface area contributed by atoms with Gasteiger partial charge in [-0.15, -0.1) is 0 Å². The number of hydrogen-bond acceptors (Lipinski definition) is 3. The lowest BCUT2D eigenvalue weighted by Crippen LogP contribution is -2.28. The van der Waals surface area contributed by atoms with Crippen molar-refractivity contribution in [2.45, 2.75) is 19.1 Å². The Hall–Kier alpha value is -0.970. The highest BCUT2D eigenvalue weighted by molar-refractivity contribution is 5.29. The van der Waals surface area contributed by atoms with Gasteiger partial charge in [0.2, 0.25) is 0 Å². The monoisotopic (exact) mass is 197 g/mol. The van der Waals surface area contributed by atoms with Gasteiger partial charge in [0.25, 0.3) is 6.04 Å². The van der Waals surface area contributed by atoms with Crippen LogP contribution in [0.5, 0.6) is 0 Å². The van der Waals surface area contributed by atoms with E-state index in [9.17, 15) is 0 Å². The van der Waals surface area contributed by atoms with Crippen LogP contribution in [0.3, 0.4) is 0 Å². The van der Waals surface area contributed by atoms with Crippen LogP contribution in [0, 0.1) is 0 Å². The maximum atomic E-state index is 5.27. The molecule has 1 aliphatic rings. The van der Waals surface area contributed by atoms with Gasteiger partial charge in [-0.2, -0.15) is 9.68 Å². The molecule has 0 aromatic rings. The molecule has 0 saturated carbocycles. The molecule has 0 spiro atoms. The van der Waals surface area contributed by atoms with E-state index in [0.29, 0.717) is 0 Å². The molecule has 1 saturated heterocycles. The molecular weight excluding hydrogens is 180 g/mol. The molecule has 1 aliphatic heterocycles. The molecule has 2 unspecified atom stereocenters. The van der Waals surface area contributed by atoms with Crippen molar-refractivity contribution >= 4 is 6.72 Å². The first-order valence-corrected chi connectivity index (χ1v) is 4.45. The smallest absolute Gasteiger partial charge is 0.231 e. The summed E-state index contributed by atoms with van der Waals surface area (Å²) in [5.74, 6) is 0. The SMILES string of the molecule is C=NC1C(C(=C)/C=C\C)[N+]1(OC)OC. The fourth-order valence-electron chi connectivity index (χ4n) is 1.75. The molecule has 1 rings (SSSR count). The van der Waals surface area contributed by atoms with E-state index in [1.165, 1.54) is 0 Å². The first-order valence-electron chi connectivity index (χ1n) is 4.45. The summed E-state index contributed by atoms with van der Waals surface area (Å²) in [5, 5.41) is 0. The maximum Gasteiger partial charge on any atom is 0.306 e. The van der Waals surface area contributed by atoms with E-state index in [1.54, 1.807) is 14.2 Å². The van der Waals surface area contributed by atoms with Crippen molar-refractivity contribution in [3.8, 4) is 0 Å². The average molecular weight is 197 g/mol. The quantitative estimate of drug-likeness (QED) is 0.289. The van der Waals surface area contributed by atoms with E-state index >= 15 is 0 Å². The Labute approximate surface area is 84.6 Å². The molecule has 1 fully saturated rings. The first-order chi connectivity index (χ1) is 6.67. The van der Waals surface area contributed by atoms with Gasteiger partial charge in [-0.1, -0.05) is 18.7 Å². The predicted molar refractivity (Wildman–Crippen MR) is 55.4 cm³/mol. The van der Waals surface area contributed by atoms with Crippen molar-refractivity contribution in [3.05, 3.63) is 24.3 Å². The summed E-state index contributed by atoms with van der Waals surface area (Å²) >= 11 is 0. The highest BCUT2D eigenvalue weighted by atomic mass is 17.0. The van der Waals surface area contributed by atoms with Crippen LogP contribution in [0.4, 0.5) is 0 Å². The summed E-state index contributed by atoms with van der Waals surface area (Å²) in [5.41, 5.74) is 0.939. The molecule has 2 atom stereocenters. The lowest BCUT2D eigenvalue weighted by molar-refractivity contribution is -1.17.